The smallest absolute Gasteiger partial charge is 0.270 e. The molecule has 0 radical (unpaired) electrons. The third-order valence-corrected chi connectivity index (χ3v) is 5.47. The van der Waals surface area contributed by atoms with E-state index in [9.17, 15) is 0 Å². The molecule has 1 saturated carbocycles. The highest BCUT2D eigenvalue weighted by atomic mass is 15.3. The fraction of sp³-hybridized carbons (Fsp3) is 0.217. The maximum Gasteiger partial charge on any atom is 0.270 e. The summed E-state index contributed by atoms with van der Waals surface area (Å²) >= 11 is 0. The van der Waals surface area contributed by atoms with Crippen molar-refractivity contribution in [1.29, 1.82) is 0 Å². The van der Waals surface area contributed by atoms with Crippen LogP contribution in [0.1, 0.15) is 19.8 Å². The first-order chi connectivity index (χ1) is 13.6. The first kappa shape index (κ1) is 16.6. The molecular weight excluding hydrogens is 346 g/mol. The Morgan fingerprint density at radius 1 is 1.14 bits per heavy atom. The van der Waals surface area contributed by atoms with Gasteiger partial charge in [0, 0.05) is 41.0 Å². The Morgan fingerprint density at radius 2 is 2.04 bits per heavy atom. The molecule has 3 aromatic heterocycles. The van der Waals surface area contributed by atoms with E-state index in [2.05, 4.69) is 33.0 Å². The van der Waals surface area contributed by atoms with Crippen LogP contribution in [-0.4, -0.2) is 19.7 Å². The Morgan fingerprint density at radius 3 is 2.86 bits per heavy atom. The van der Waals surface area contributed by atoms with Gasteiger partial charge in [0.1, 0.15) is 0 Å². The summed E-state index contributed by atoms with van der Waals surface area (Å²) in [4.78, 5) is 12.6. The largest absolute Gasteiger partial charge is 0.361 e. The van der Waals surface area contributed by atoms with Gasteiger partial charge in [0.05, 0.1) is 11.7 Å². The lowest BCUT2D eigenvalue weighted by Gasteiger charge is -2.08. The van der Waals surface area contributed by atoms with Crippen LogP contribution in [0, 0.1) is 12.0 Å². The molecule has 0 atom stereocenters. The Hall–Kier alpha value is -3.52. The standard InChI is InChI=1S/C23H19N5/c1-23(9-10-23)15-28-14-18(13-26-28)19-7-8-21(24-2)27-22(19)17-6-5-16-4-3-11-25-20(16)12-17/h3-8,11-14H,9-10,15H2,1H3. The maximum atomic E-state index is 7.35. The molecule has 3 heterocycles. The summed E-state index contributed by atoms with van der Waals surface area (Å²) in [5, 5.41) is 5.64. The fourth-order valence-corrected chi connectivity index (χ4v) is 3.53. The topological polar surface area (TPSA) is 48.0 Å². The number of rotatable bonds is 4. The zero-order valence-corrected chi connectivity index (χ0v) is 15.6. The third kappa shape index (κ3) is 3.03. The normalized spacial score (nSPS) is 14.7. The number of pyridine rings is 2. The molecule has 1 aromatic carbocycles. The van der Waals surface area contributed by atoms with Crippen molar-refractivity contribution in [1.82, 2.24) is 19.7 Å². The van der Waals surface area contributed by atoms with Gasteiger partial charge >= 0.3 is 0 Å². The van der Waals surface area contributed by atoms with E-state index in [4.69, 9.17) is 6.57 Å². The zero-order chi connectivity index (χ0) is 19.1. The van der Waals surface area contributed by atoms with Crippen LogP contribution in [0.3, 0.4) is 0 Å². The third-order valence-electron chi connectivity index (χ3n) is 5.47. The minimum absolute atomic E-state index is 0.387. The van der Waals surface area contributed by atoms with Gasteiger partial charge in [-0.05, 0) is 42.5 Å². The fourth-order valence-electron chi connectivity index (χ4n) is 3.53. The monoisotopic (exact) mass is 365 g/mol. The van der Waals surface area contributed by atoms with Gasteiger partial charge in [-0.15, -0.1) is 4.98 Å². The lowest BCUT2D eigenvalue weighted by atomic mass is 10.0. The first-order valence-corrected chi connectivity index (χ1v) is 9.40. The summed E-state index contributed by atoms with van der Waals surface area (Å²) in [7, 11) is 0. The summed E-state index contributed by atoms with van der Waals surface area (Å²) in [6.45, 7) is 10.6. The molecule has 0 amide bonds. The minimum Gasteiger partial charge on any atom is -0.361 e. The van der Waals surface area contributed by atoms with Gasteiger partial charge in [-0.25, -0.2) is 0 Å². The number of aromatic nitrogens is 4. The van der Waals surface area contributed by atoms with Gasteiger partial charge in [0.25, 0.3) is 5.82 Å². The van der Waals surface area contributed by atoms with Crippen molar-refractivity contribution < 1.29 is 0 Å². The van der Waals surface area contributed by atoms with Crippen molar-refractivity contribution >= 4 is 16.7 Å². The Labute approximate surface area is 163 Å². The summed E-state index contributed by atoms with van der Waals surface area (Å²) in [6, 6.07) is 13.8. The quantitative estimate of drug-likeness (QED) is 0.448. The Bertz CT molecular complexity index is 1230. The van der Waals surface area contributed by atoms with Crippen molar-refractivity contribution in [3.63, 3.8) is 0 Å². The molecule has 1 aliphatic rings. The molecule has 5 heteroatoms. The van der Waals surface area contributed by atoms with Crippen LogP contribution in [0.15, 0.2) is 61.1 Å². The lowest BCUT2D eigenvalue weighted by Crippen LogP contribution is -2.07. The SMILES string of the molecule is [C-]#[N+]c1ccc(-c2cnn(CC3(C)CC3)c2)c(-c2ccc3cccnc3c2)n1. The van der Waals surface area contributed by atoms with Crippen LogP contribution in [0.25, 0.3) is 38.1 Å². The summed E-state index contributed by atoms with van der Waals surface area (Å²) in [5.74, 6) is 0.387. The first-order valence-electron chi connectivity index (χ1n) is 9.40. The predicted octanol–water partition coefficient (Wildman–Crippen LogP) is 5.51. The van der Waals surface area contributed by atoms with Crippen molar-refractivity contribution in [3.8, 4) is 22.4 Å². The molecule has 0 aliphatic heterocycles. The van der Waals surface area contributed by atoms with Gasteiger partial charge in [-0.1, -0.05) is 31.7 Å². The highest BCUT2D eigenvalue weighted by Crippen LogP contribution is 2.46. The minimum atomic E-state index is 0.387. The summed E-state index contributed by atoms with van der Waals surface area (Å²) < 4.78 is 2.02. The van der Waals surface area contributed by atoms with Crippen LogP contribution in [0.5, 0.6) is 0 Å². The number of nitrogens with zero attached hydrogens (tertiary/aromatic N) is 5. The number of hydrogen-bond donors (Lipinski definition) is 0. The van der Waals surface area contributed by atoms with Crippen molar-refractivity contribution in [3.05, 3.63) is 72.5 Å². The van der Waals surface area contributed by atoms with Gasteiger partial charge in [-0.2, -0.15) is 5.10 Å². The molecule has 1 fully saturated rings. The molecule has 0 N–H and O–H groups in total. The predicted molar refractivity (Wildman–Crippen MR) is 110 cm³/mol. The van der Waals surface area contributed by atoms with Gasteiger partial charge < -0.3 is 4.85 Å². The van der Waals surface area contributed by atoms with Crippen LogP contribution < -0.4 is 0 Å². The maximum absolute atomic E-state index is 7.35. The average Bonchev–Trinajstić information content (AvgIpc) is 3.28. The van der Waals surface area contributed by atoms with E-state index < -0.39 is 0 Å². The second-order valence-corrected chi connectivity index (χ2v) is 7.83. The molecule has 0 spiro atoms. The van der Waals surface area contributed by atoms with E-state index >= 15 is 0 Å². The summed E-state index contributed by atoms with van der Waals surface area (Å²) in [5.41, 5.74) is 5.05. The number of hydrogen-bond acceptors (Lipinski definition) is 3. The van der Waals surface area contributed by atoms with E-state index in [1.165, 1.54) is 12.8 Å². The van der Waals surface area contributed by atoms with Crippen molar-refractivity contribution in [2.45, 2.75) is 26.3 Å². The molecule has 5 nitrogen and oxygen atoms in total. The second kappa shape index (κ2) is 6.28. The second-order valence-electron chi connectivity index (χ2n) is 7.83. The number of benzene rings is 1. The van der Waals surface area contributed by atoms with E-state index in [0.717, 1.165) is 39.8 Å². The Balaban J connectivity index is 1.61. The highest BCUT2D eigenvalue weighted by molar-refractivity contribution is 5.88. The molecule has 0 saturated heterocycles. The lowest BCUT2D eigenvalue weighted by molar-refractivity contribution is 0.433. The van der Waals surface area contributed by atoms with Gasteiger partial charge in [-0.3, -0.25) is 9.67 Å². The zero-order valence-electron chi connectivity index (χ0n) is 15.6. The van der Waals surface area contributed by atoms with Crippen molar-refractivity contribution in [2.75, 3.05) is 0 Å². The average molecular weight is 365 g/mol. The van der Waals surface area contributed by atoms with E-state index in [1.54, 1.807) is 12.3 Å². The molecule has 28 heavy (non-hydrogen) atoms. The molecular formula is C23H19N5. The Kier molecular flexibility index (Phi) is 3.73. The highest BCUT2D eigenvalue weighted by Gasteiger charge is 2.37. The molecule has 4 aromatic rings. The van der Waals surface area contributed by atoms with E-state index in [1.807, 2.05) is 47.3 Å². The van der Waals surface area contributed by atoms with Crippen LogP contribution >= 0.6 is 0 Å². The van der Waals surface area contributed by atoms with Gasteiger partial charge in [0.15, 0.2) is 5.69 Å². The van der Waals surface area contributed by atoms with Crippen LogP contribution in [-0.2, 0) is 6.54 Å². The molecule has 5 rings (SSSR count). The molecule has 136 valence electrons. The molecule has 0 bridgehead atoms. The van der Waals surface area contributed by atoms with E-state index in [0.29, 0.717) is 11.2 Å². The molecule has 1 aliphatic carbocycles. The van der Waals surface area contributed by atoms with Crippen LogP contribution in [0.4, 0.5) is 5.82 Å². The number of fused-ring (bicyclic) bond motifs is 1. The van der Waals surface area contributed by atoms with E-state index in [-0.39, 0.29) is 0 Å². The van der Waals surface area contributed by atoms with Crippen molar-refractivity contribution in [2.24, 2.45) is 5.41 Å². The van der Waals surface area contributed by atoms with Crippen LogP contribution in [0.2, 0.25) is 0 Å². The summed E-state index contributed by atoms with van der Waals surface area (Å²) in [6.07, 6.45) is 8.29. The van der Waals surface area contributed by atoms with Gasteiger partial charge in [0.2, 0.25) is 0 Å². The molecule has 0 unspecified atom stereocenters.